The van der Waals surface area contributed by atoms with E-state index in [-0.39, 0.29) is 17.6 Å². The fourth-order valence-electron chi connectivity index (χ4n) is 2.23. The standard InChI is InChI=1S/C19H17N3O3S2/c1-2-25-17(24)8-5-13-3-6-14(7-4-13)22-16(23)11-27-19-18-15(9-10-26-18)20-12-21-19/h3-10,12H,2,11H2,1H3,(H,22,23)/b8-5+. The molecule has 27 heavy (non-hydrogen) atoms. The fraction of sp³-hybridized carbons (Fsp3) is 0.158. The Balaban J connectivity index is 1.53. The molecule has 3 rings (SSSR count). The van der Waals surface area contributed by atoms with E-state index in [1.807, 2.05) is 23.6 Å². The first-order valence-electron chi connectivity index (χ1n) is 8.21. The number of nitrogens with zero attached hydrogens (tertiary/aromatic N) is 2. The number of amides is 1. The van der Waals surface area contributed by atoms with Crippen LogP contribution in [0.2, 0.25) is 0 Å². The molecule has 0 radical (unpaired) electrons. The van der Waals surface area contributed by atoms with Gasteiger partial charge >= 0.3 is 5.97 Å². The number of carbonyl (C=O) groups is 2. The van der Waals surface area contributed by atoms with Crippen LogP contribution in [0.1, 0.15) is 12.5 Å². The van der Waals surface area contributed by atoms with Gasteiger partial charge in [0, 0.05) is 11.8 Å². The number of anilines is 1. The summed E-state index contributed by atoms with van der Waals surface area (Å²) in [4.78, 5) is 31.9. The summed E-state index contributed by atoms with van der Waals surface area (Å²) in [5.41, 5.74) is 2.43. The van der Waals surface area contributed by atoms with Crippen molar-refractivity contribution in [3.8, 4) is 0 Å². The van der Waals surface area contributed by atoms with Crippen LogP contribution >= 0.6 is 23.1 Å². The first-order valence-corrected chi connectivity index (χ1v) is 10.1. The molecule has 0 atom stereocenters. The van der Waals surface area contributed by atoms with Gasteiger partial charge < -0.3 is 10.1 Å². The molecule has 2 aromatic heterocycles. The maximum atomic E-state index is 12.2. The van der Waals surface area contributed by atoms with Crippen molar-refractivity contribution in [2.45, 2.75) is 11.9 Å². The molecule has 0 aliphatic rings. The minimum atomic E-state index is -0.378. The monoisotopic (exact) mass is 399 g/mol. The van der Waals surface area contributed by atoms with Gasteiger partial charge in [0.15, 0.2) is 0 Å². The smallest absolute Gasteiger partial charge is 0.330 e. The van der Waals surface area contributed by atoms with Crippen molar-refractivity contribution in [1.29, 1.82) is 0 Å². The van der Waals surface area contributed by atoms with Crippen molar-refractivity contribution in [3.63, 3.8) is 0 Å². The summed E-state index contributed by atoms with van der Waals surface area (Å²) >= 11 is 2.95. The van der Waals surface area contributed by atoms with E-state index in [1.165, 1.54) is 24.2 Å². The summed E-state index contributed by atoms with van der Waals surface area (Å²) in [6, 6.07) is 9.14. The Bertz CT molecular complexity index is 968. The molecule has 0 aliphatic carbocycles. The summed E-state index contributed by atoms with van der Waals surface area (Å²) < 4.78 is 5.83. The largest absolute Gasteiger partial charge is 0.463 e. The van der Waals surface area contributed by atoms with Crippen LogP contribution in [-0.4, -0.2) is 34.2 Å². The van der Waals surface area contributed by atoms with Gasteiger partial charge in [-0.05, 0) is 42.1 Å². The van der Waals surface area contributed by atoms with Gasteiger partial charge in [0.1, 0.15) is 11.4 Å². The van der Waals surface area contributed by atoms with E-state index in [1.54, 1.807) is 36.5 Å². The number of benzene rings is 1. The molecule has 1 N–H and O–H groups in total. The fourth-order valence-corrected chi connectivity index (χ4v) is 3.98. The van der Waals surface area contributed by atoms with E-state index in [2.05, 4.69) is 15.3 Å². The van der Waals surface area contributed by atoms with Crippen LogP contribution < -0.4 is 5.32 Å². The topological polar surface area (TPSA) is 81.2 Å². The summed E-state index contributed by atoms with van der Waals surface area (Å²) in [5, 5.41) is 5.62. The SMILES string of the molecule is CCOC(=O)/C=C/c1ccc(NC(=O)CSc2ncnc3ccsc23)cc1. The van der Waals surface area contributed by atoms with Crippen LogP contribution in [0.25, 0.3) is 16.3 Å². The van der Waals surface area contributed by atoms with E-state index in [0.29, 0.717) is 12.3 Å². The summed E-state index contributed by atoms with van der Waals surface area (Å²) in [6.07, 6.45) is 4.55. The van der Waals surface area contributed by atoms with Crippen LogP contribution in [0.5, 0.6) is 0 Å². The number of nitrogens with one attached hydrogen (secondary N) is 1. The molecule has 6 nitrogen and oxygen atoms in total. The first kappa shape index (κ1) is 19.1. The highest BCUT2D eigenvalue weighted by molar-refractivity contribution is 8.00. The second-order valence-electron chi connectivity index (χ2n) is 5.36. The number of thiophene rings is 1. The van der Waals surface area contributed by atoms with Crippen molar-refractivity contribution in [2.24, 2.45) is 0 Å². The molecule has 2 heterocycles. The van der Waals surface area contributed by atoms with Gasteiger partial charge in [-0.2, -0.15) is 0 Å². The van der Waals surface area contributed by atoms with Crippen molar-refractivity contribution in [3.05, 3.63) is 53.7 Å². The third-order valence-electron chi connectivity index (χ3n) is 3.44. The lowest BCUT2D eigenvalue weighted by Gasteiger charge is -2.06. The lowest BCUT2D eigenvalue weighted by atomic mass is 10.2. The molecular weight excluding hydrogens is 382 g/mol. The maximum absolute atomic E-state index is 12.2. The van der Waals surface area contributed by atoms with Crippen LogP contribution in [0, 0.1) is 0 Å². The number of esters is 1. The zero-order valence-electron chi connectivity index (χ0n) is 14.5. The van der Waals surface area contributed by atoms with Crippen molar-refractivity contribution < 1.29 is 14.3 Å². The molecule has 0 unspecified atom stereocenters. The summed E-state index contributed by atoms with van der Waals surface area (Å²) in [7, 11) is 0. The van der Waals surface area contributed by atoms with E-state index in [4.69, 9.17) is 4.74 Å². The van der Waals surface area contributed by atoms with Gasteiger partial charge in [0.2, 0.25) is 5.91 Å². The summed E-state index contributed by atoms with van der Waals surface area (Å²) in [5.74, 6) is -0.233. The third-order valence-corrected chi connectivity index (χ3v) is 5.47. The van der Waals surface area contributed by atoms with Crippen molar-refractivity contribution >= 4 is 57.0 Å². The van der Waals surface area contributed by atoms with E-state index in [9.17, 15) is 9.59 Å². The molecule has 0 spiro atoms. The number of ether oxygens (including phenoxy) is 1. The Morgan fingerprint density at radius 3 is 2.81 bits per heavy atom. The number of hydrogen-bond donors (Lipinski definition) is 1. The van der Waals surface area contributed by atoms with E-state index >= 15 is 0 Å². The molecule has 1 aromatic carbocycles. The second-order valence-corrected chi connectivity index (χ2v) is 7.24. The highest BCUT2D eigenvalue weighted by Crippen LogP contribution is 2.28. The van der Waals surface area contributed by atoms with Crippen molar-refractivity contribution in [1.82, 2.24) is 9.97 Å². The highest BCUT2D eigenvalue weighted by atomic mass is 32.2. The van der Waals surface area contributed by atoms with E-state index < -0.39 is 0 Å². The number of fused-ring (bicyclic) bond motifs is 1. The van der Waals surface area contributed by atoms with E-state index in [0.717, 1.165) is 20.8 Å². The molecular formula is C19H17N3O3S2. The molecule has 1 amide bonds. The molecule has 0 saturated carbocycles. The van der Waals surface area contributed by atoms with Crippen LogP contribution in [-0.2, 0) is 14.3 Å². The Kier molecular flexibility index (Phi) is 6.56. The Morgan fingerprint density at radius 1 is 1.22 bits per heavy atom. The first-order chi connectivity index (χ1) is 13.2. The van der Waals surface area contributed by atoms with Crippen molar-refractivity contribution in [2.75, 3.05) is 17.7 Å². The zero-order chi connectivity index (χ0) is 19.1. The Morgan fingerprint density at radius 2 is 2.04 bits per heavy atom. The highest BCUT2D eigenvalue weighted by Gasteiger charge is 2.09. The van der Waals surface area contributed by atoms with Gasteiger partial charge in [-0.25, -0.2) is 14.8 Å². The molecule has 8 heteroatoms. The average Bonchev–Trinajstić information content (AvgIpc) is 3.15. The molecule has 0 aliphatic heterocycles. The third kappa shape index (κ3) is 5.38. The minimum Gasteiger partial charge on any atom is -0.463 e. The normalized spacial score (nSPS) is 11.0. The molecule has 3 aromatic rings. The molecule has 0 saturated heterocycles. The molecule has 138 valence electrons. The van der Waals surface area contributed by atoms with Crippen LogP contribution in [0.15, 0.2) is 53.1 Å². The average molecular weight is 399 g/mol. The van der Waals surface area contributed by atoms with Gasteiger partial charge in [-0.15, -0.1) is 11.3 Å². The van der Waals surface area contributed by atoms with Crippen LogP contribution in [0.3, 0.4) is 0 Å². The number of rotatable bonds is 7. The van der Waals surface area contributed by atoms with Crippen LogP contribution in [0.4, 0.5) is 5.69 Å². The molecule has 0 fully saturated rings. The maximum Gasteiger partial charge on any atom is 0.330 e. The van der Waals surface area contributed by atoms with Gasteiger partial charge in [-0.1, -0.05) is 23.9 Å². The van der Waals surface area contributed by atoms with Gasteiger partial charge in [-0.3, -0.25) is 4.79 Å². The summed E-state index contributed by atoms with van der Waals surface area (Å²) in [6.45, 7) is 2.11. The quantitative estimate of drug-likeness (QED) is 0.280. The molecule has 0 bridgehead atoms. The Hall–Kier alpha value is -2.71. The number of hydrogen-bond acceptors (Lipinski definition) is 7. The minimum absolute atomic E-state index is 0.113. The van der Waals surface area contributed by atoms with Gasteiger partial charge in [0.05, 0.1) is 22.6 Å². The predicted molar refractivity (Wildman–Crippen MR) is 109 cm³/mol. The zero-order valence-corrected chi connectivity index (χ0v) is 16.2. The van der Waals surface area contributed by atoms with Gasteiger partial charge in [0.25, 0.3) is 0 Å². The number of thioether (sulfide) groups is 1. The Labute approximate surface area is 164 Å². The second kappa shape index (κ2) is 9.29. The predicted octanol–water partition coefficient (Wildman–Crippen LogP) is 4.00. The number of aromatic nitrogens is 2. The lowest BCUT2D eigenvalue weighted by Crippen LogP contribution is -2.14. The number of carbonyl (C=O) groups excluding carboxylic acids is 2. The lowest BCUT2D eigenvalue weighted by molar-refractivity contribution is -0.137.